The number of thiophene rings is 1. The molecule has 0 bridgehead atoms. The third-order valence-corrected chi connectivity index (χ3v) is 5.00. The minimum absolute atomic E-state index is 0.163. The van der Waals surface area contributed by atoms with E-state index in [0.717, 1.165) is 25.7 Å². The summed E-state index contributed by atoms with van der Waals surface area (Å²) in [5, 5.41) is 4.84. The van der Waals surface area contributed by atoms with Gasteiger partial charge in [-0.3, -0.25) is 9.78 Å². The van der Waals surface area contributed by atoms with Crippen LogP contribution in [0.15, 0.2) is 42.0 Å². The van der Waals surface area contributed by atoms with Gasteiger partial charge in [-0.15, -0.1) is 11.3 Å². The van der Waals surface area contributed by atoms with Gasteiger partial charge in [0.2, 0.25) is 6.10 Å². The summed E-state index contributed by atoms with van der Waals surface area (Å²) in [5.74, 6) is -0.747. The first kappa shape index (κ1) is 16.6. The molecule has 3 rings (SSSR count). The second kappa shape index (κ2) is 8.06. The Balaban J connectivity index is 1.74. The molecular weight excluding hydrogens is 324 g/mol. The lowest BCUT2D eigenvalue weighted by molar-refractivity contribution is -0.131. The highest BCUT2D eigenvalue weighted by Crippen LogP contribution is 2.23. The van der Waals surface area contributed by atoms with E-state index in [-0.39, 0.29) is 11.9 Å². The SMILES string of the molecule is O=C(OC(C(=O)NC1CCCCC1)c1ccncc1)c1cccs1. The Kier molecular flexibility index (Phi) is 5.59. The smallest absolute Gasteiger partial charge is 0.349 e. The van der Waals surface area contributed by atoms with E-state index >= 15 is 0 Å². The van der Waals surface area contributed by atoms with E-state index in [4.69, 9.17) is 4.74 Å². The van der Waals surface area contributed by atoms with E-state index in [1.165, 1.54) is 17.8 Å². The van der Waals surface area contributed by atoms with Gasteiger partial charge in [0, 0.05) is 24.0 Å². The number of aromatic nitrogens is 1. The fourth-order valence-electron chi connectivity index (χ4n) is 2.89. The normalized spacial score (nSPS) is 16.3. The molecule has 5 nitrogen and oxygen atoms in total. The standard InChI is InChI=1S/C18H20N2O3S/c21-17(20-14-5-2-1-3-6-14)16(13-8-10-19-11-9-13)23-18(22)15-7-4-12-24-15/h4,7-12,14,16H,1-3,5-6H2,(H,20,21). The van der Waals surface area contributed by atoms with Crippen LogP contribution in [-0.4, -0.2) is 22.9 Å². The van der Waals surface area contributed by atoms with Crippen molar-refractivity contribution in [2.75, 3.05) is 0 Å². The number of carbonyl (C=O) groups excluding carboxylic acids is 2. The third kappa shape index (κ3) is 4.20. The van der Waals surface area contributed by atoms with Gasteiger partial charge < -0.3 is 10.1 Å². The molecule has 0 spiro atoms. The Morgan fingerprint density at radius 2 is 1.92 bits per heavy atom. The lowest BCUT2D eigenvalue weighted by atomic mass is 9.95. The lowest BCUT2D eigenvalue weighted by Crippen LogP contribution is -2.40. The number of esters is 1. The molecule has 1 N–H and O–H groups in total. The van der Waals surface area contributed by atoms with Crippen molar-refractivity contribution in [1.29, 1.82) is 0 Å². The van der Waals surface area contributed by atoms with Gasteiger partial charge in [0.05, 0.1) is 0 Å². The highest BCUT2D eigenvalue weighted by atomic mass is 32.1. The maximum Gasteiger partial charge on any atom is 0.349 e. The molecule has 0 aliphatic heterocycles. The number of rotatable bonds is 5. The van der Waals surface area contributed by atoms with E-state index in [1.54, 1.807) is 42.0 Å². The molecule has 0 aromatic carbocycles. The molecule has 2 heterocycles. The molecule has 1 atom stereocenters. The van der Waals surface area contributed by atoms with Crippen LogP contribution in [0.25, 0.3) is 0 Å². The van der Waals surface area contributed by atoms with Crippen LogP contribution in [0.4, 0.5) is 0 Å². The zero-order chi connectivity index (χ0) is 16.8. The summed E-state index contributed by atoms with van der Waals surface area (Å²) in [6, 6.07) is 7.04. The molecule has 24 heavy (non-hydrogen) atoms. The second-order valence-corrected chi connectivity index (χ2v) is 6.83. The minimum atomic E-state index is -0.954. The zero-order valence-electron chi connectivity index (χ0n) is 13.3. The maximum absolute atomic E-state index is 12.7. The molecule has 0 saturated heterocycles. The number of pyridine rings is 1. The average Bonchev–Trinajstić information content (AvgIpc) is 3.16. The summed E-state index contributed by atoms with van der Waals surface area (Å²) in [6.07, 6.45) is 7.66. The summed E-state index contributed by atoms with van der Waals surface area (Å²) < 4.78 is 5.52. The minimum Gasteiger partial charge on any atom is -0.443 e. The molecule has 1 unspecified atom stereocenters. The maximum atomic E-state index is 12.7. The zero-order valence-corrected chi connectivity index (χ0v) is 14.1. The van der Waals surface area contributed by atoms with Crippen molar-refractivity contribution in [1.82, 2.24) is 10.3 Å². The molecule has 2 aromatic heterocycles. The van der Waals surface area contributed by atoms with Gasteiger partial charge in [0.25, 0.3) is 5.91 Å². The Bertz CT molecular complexity index is 667. The number of hydrogen-bond acceptors (Lipinski definition) is 5. The van der Waals surface area contributed by atoms with E-state index in [2.05, 4.69) is 10.3 Å². The van der Waals surface area contributed by atoms with Gasteiger partial charge in [-0.1, -0.05) is 25.3 Å². The van der Waals surface area contributed by atoms with Crippen LogP contribution in [0.5, 0.6) is 0 Å². The van der Waals surface area contributed by atoms with Crippen LogP contribution in [0.2, 0.25) is 0 Å². The Morgan fingerprint density at radius 3 is 2.58 bits per heavy atom. The monoisotopic (exact) mass is 344 g/mol. The van der Waals surface area contributed by atoms with Crippen molar-refractivity contribution in [3.05, 3.63) is 52.5 Å². The number of carbonyl (C=O) groups is 2. The number of nitrogens with zero attached hydrogens (tertiary/aromatic N) is 1. The van der Waals surface area contributed by atoms with Crippen molar-refractivity contribution < 1.29 is 14.3 Å². The Hall–Kier alpha value is -2.21. The van der Waals surface area contributed by atoms with E-state index < -0.39 is 12.1 Å². The molecule has 126 valence electrons. The Morgan fingerprint density at radius 1 is 1.17 bits per heavy atom. The summed E-state index contributed by atoms with van der Waals surface area (Å²) >= 11 is 1.30. The Labute approximate surface area is 145 Å². The van der Waals surface area contributed by atoms with Crippen molar-refractivity contribution in [3.63, 3.8) is 0 Å². The number of ether oxygens (including phenoxy) is 1. The van der Waals surface area contributed by atoms with Gasteiger partial charge in [0.15, 0.2) is 0 Å². The molecule has 1 fully saturated rings. The molecule has 0 radical (unpaired) electrons. The van der Waals surface area contributed by atoms with Crippen molar-refractivity contribution >= 4 is 23.2 Å². The first-order valence-electron chi connectivity index (χ1n) is 8.19. The van der Waals surface area contributed by atoms with Crippen LogP contribution in [0.1, 0.15) is 53.4 Å². The molecule has 1 aliphatic carbocycles. The van der Waals surface area contributed by atoms with Gasteiger partial charge >= 0.3 is 5.97 Å². The van der Waals surface area contributed by atoms with E-state index in [9.17, 15) is 9.59 Å². The predicted molar refractivity (Wildman–Crippen MR) is 91.7 cm³/mol. The largest absolute Gasteiger partial charge is 0.443 e. The summed E-state index contributed by atoms with van der Waals surface area (Å²) in [6.45, 7) is 0. The van der Waals surface area contributed by atoms with Gasteiger partial charge in [-0.05, 0) is 36.4 Å². The van der Waals surface area contributed by atoms with Crippen LogP contribution >= 0.6 is 11.3 Å². The quantitative estimate of drug-likeness (QED) is 0.843. The number of nitrogens with one attached hydrogen (secondary N) is 1. The van der Waals surface area contributed by atoms with Crippen molar-refractivity contribution in [3.8, 4) is 0 Å². The van der Waals surface area contributed by atoms with Gasteiger partial charge in [0.1, 0.15) is 4.88 Å². The fraction of sp³-hybridized carbons (Fsp3) is 0.389. The van der Waals surface area contributed by atoms with Crippen LogP contribution in [-0.2, 0) is 9.53 Å². The first-order chi connectivity index (χ1) is 11.7. The van der Waals surface area contributed by atoms with E-state index in [1.807, 2.05) is 0 Å². The van der Waals surface area contributed by atoms with Crippen LogP contribution < -0.4 is 5.32 Å². The molecular formula is C18H20N2O3S. The van der Waals surface area contributed by atoms with Gasteiger partial charge in [-0.25, -0.2) is 4.79 Å². The third-order valence-electron chi connectivity index (χ3n) is 4.15. The summed E-state index contributed by atoms with van der Waals surface area (Å²) in [5.41, 5.74) is 0.628. The number of hydrogen-bond donors (Lipinski definition) is 1. The molecule has 6 heteroatoms. The van der Waals surface area contributed by atoms with Crippen LogP contribution in [0.3, 0.4) is 0 Å². The van der Waals surface area contributed by atoms with Crippen molar-refractivity contribution in [2.45, 2.75) is 44.2 Å². The van der Waals surface area contributed by atoms with E-state index in [0.29, 0.717) is 10.4 Å². The second-order valence-electron chi connectivity index (χ2n) is 5.89. The number of amides is 1. The van der Waals surface area contributed by atoms with Crippen LogP contribution in [0, 0.1) is 0 Å². The molecule has 1 saturated carbocycles. The fourth-order valence-corrected chi connectivity index (χ4v) is 3.50. The van der Waals surface area contributed by atoms with Gasteiger partial charge in [-0.2, -0.15) is 0 Å². The average molecular weight is 344 g/mol. The molecule has 1 amide bonds. The highest BCUT2D eigenvalue weighted by Gasteiger charge is 2.28. The first-order valence-corrected chi connectivity index (χ1v) is 9.07. The lowest BCUT2D eigenvalue weighted by Gasteiger charge is -2.25. The topological polar surface area (TPSA) is 68.3 Å². The predicted octanol–water partition coefficient (Wildman–Crippen LogP) is 3.49. The molecule has 1 aliphatic rings. The summed E-state index contributed by atoms with van der Waals surface area (Å²) in [7, 11) is 0. The highest BCUT2D eigenvalue weighted by molar-refractivity contribution is 7.11. The molecule has 2 aromatic rings. The summed E-state index contributed by atoms with van der Waals surface area (Å²) in [4.78, 5) is 29.4. The van der Waals surface area contributed by atoms with Crippen molar-refractivity contribution in [2.24, 2.45) is 0 Å².